The van der Waals surface area contributed by atoms with Crippen molar-refractivity contribution in [2.75, 3.05) is 13.1 Å². The van der Waals surface area contributed by atoms with Crippen molar-refractivity contribution in [2.45, 2.75) is 24.9 Å². The zero-order chi connectivity index (χ0) is 15.0. The topological polar surface area (TPSA) is 46.6 Å². The molecular formula is C16H16ClNO3. The molecule has 0 unspecified atom stereocenters. The zero-order valence-electron chi connectivity index (χ0n) is 11.6. The maximum Gasteiger partial charge on any atom is 0.245 e. The lowest BCUT2D eigenvalue weighted by atomic mass is 9.82. The Morgan fingerprint density at radius 1 is 1.38 bits per heavy atom. The lowest BCUT2D eigenvalue weighted by molar-refractivity contribution is -0.129. The van der Waals surface area contributed by atoms with E-state index in [2.05, 4.69) is 6.58 Å². The Hall–Kier alpha value is -1.81. The second-order valence-electron chi connectivity index (χ2n) is 5.55. The zero-order valence-corrected chi connectivity index (χ0v) is 12.4. The molecule has 5 heteroatoms. The van der Waals surface area contributed by atoms with Crippen LogP contribution in [0, 0.1) is 0 Å². The molecule has 1 aromatic carbocycles. The molecule has 1 spiro atoms. The molecule has 0 bridgehead atoms. The van der Waals surface area contributed by atoms with Gasteiger partial charge in [0.1, 0.15) is 11.4 Å². The number of Topliss-reactive ketones (excluding diaryl/α,β-unsaturated/α-hetero) is 1. The van der Waals surface area contributed by atoms with Gasteiger partial charge in [-0.25, -0.2) is 0 Å². The number of ether oxygens (including phenoxy) is 1. The standard InChI is InChI=1S/C16H16ClNO3/c1-2-15(20)18-7-5-16(6-8-18)10-13(19)12-9-11(17)3-4-14(12)21-16/h2-4,9H,1,5-8,10H2. The molecule has 21 heavy (non-hydrogen) atoms. The van der Waals surface area contributed by atoms with Crippen LogP contribution in [0.25, 0.3) is 0 Å². The van der Waals surface area contributed by atoms with E-state index in [-0.39, 0.29) is 11.7 Å². The lowest BCUT2D eigenvalue weighted by Gasteiger charge is -2.43. The van der Waals surface area contributed by atoms with Gasteiger partial charge in [-0.15, -0.1) is 0 Å². The van der Waals surface area contributed by atoms with Gasteiger partial charge in [-0.2, -0.15) is 0 Å². The van der Waals surface area contributed by atoms with Crippen LogP contribution >= 0.6 is 11.6 Å². The normalized spacial score (nSPS) is 19.9. The van der Waals surface area contributed by atoms with Crippen molar-refractivity contribution < 1.29 is 14.3 Å². The number of amides is 1. The fourth-order valence-corrected chi connectivity index (χ4v) is 3.18. The Labute approximate surface area is 128 Å². The number of carbonyl (C=O) groups excluding carboxylic acids is 2. The van der Waals surface area contributed by atoms with Crippen LogP contribution < -0.4 is 4.74 Å². The van der Waals surface area contributed by atoms with Gasteiger partial charge in [0.05, 0.1) is 12.0 Å². The van der Waals surface area contributed by atoms with Crippen LogP contribution in [-0.4, -0.2) is 35.3 Å². The number of hydrogen-bond acceptors (Lipinski definition) is 3. The summed E-state index contributed by atoms with van der Waals surface area (Å²) in [5.74, 6) is 0.584. The number of hydrogen-bond donors (Lipinski definition) is 0. The van der Waals surface area contributed by atoms with Crippen molar-refractivity contribution in [1.29, 1.82) is 0 Å². The lowest BCUT2D eigenvalue weighted by Crippen LogP contribution is -2.52. The summed E-state index contributed by atoms with van der Waals surface area (Å²) in [6, 6.07) is 5.13. The first-order chi connectivity index (χ1) is 10.0. The Morgan fingerprint density at radius 3 is 2.76 bits per heavy atom. The average molecular weight is 306 g/mol. The first kappa shape index (κ1) is 14.1. The Balaban J connectivity index is 1.80. The number of piperidine rings is 1. The Kier molecular flexibility index (Phi) is 3.49. The highest BCUT2D eigenvalue weighted by molar-refractivity contribution is 6.31. The molecule has 0 aromatic heterocycles. The molecule has 0 aliphatic carbocycles. The molecule has 0 N–H and O–H groups in total. The van der Waals surface area contributed by atoms with Gasteiger partial charge in [0, 0.05) is 31.0 Å². The van der Waals surface area contributed by atoms with Crippen molar-refractivity contribution >= 4 is 23.3 Å². The summed E-state index contributed by atoms with van der Waals surface area (Å²) >= 11 is 5.93. The number of halogens is 1. The quantitative estimate of drug-likeness (QED) is 0.750. The molecule has 110 valence electrons. The van der Waals surface area contributed by atoms with E-state index in [4.69, 9.17) is 16.3 Å². The molecule has 2 aliphatic rings. The van der Waals surface area contributed by atoms with Crippen molar-refractivity contribution in [2.24, 2.45) is 0 Å². The predicted molar refractivity (Wildman–Crippen MR) is 79.8 cm³/mol. The third-order valence-corrected chi connectivity index (χ3v) is 4.45. The second kappa shape index (κ2) is 5.19. The third kappa shape index (κ3) is 2.56. The molecule has 0 radical (unpaired) electrons. The molecule has 0 saturated carbocycles. The fraction of sp³-hybridized carbons (Fsp3) is 0.375. The number of nitrogens with zero attached hydrogens (tertiary/aromatic N) is 1. The van der Waals surface area contributed by atoms with Gasteiger partial charge in [0.2, 0.25) is 5.91 Å². The largest absolute Gasteiger partial charge is 0.486 e. The summed E-state index contributed by atoms with van der Waals surface area (Å²) in [4.78, 5) is 25.7. The smallest absolute Gasteiger partial charge is 0.245 e. The number of benzene rings is 1. The van der Waals surface area contributed by atoms with E-state index in [0.29, 0.717) is 48.7 Å². The number of fused-ring (bicyclic) bond motifs is 1. The molecule has 1 aromatic rings. The molecule has 1 fully saturated rings. The highest BCUT2D eigenvalue weighted by Crippen LogP contribution is 2.40. The van der Waals surface area contributed by atoms with E-state index in [1.165, 1.54) is 6.08 Å². The summed E-state index contributed by atoms with van der Waals surface area (Å²) in [6.07, 6.45) is 2.97. The number of carbonyl (C=O) groups is 2. The predicted octanol–water partition coefficient (Wildman–Crippen LogP) is 2.85. The van der Waals surface area contributed by atoms with Gasteiger partial charge in [-0.3, -0.25) is 9.59 Å². The Morgan fingerprint density at radius 2 is 2.10 bits per heavy atom. The molecule has 1 amide bonds. The van der Waals surface area contributed by atoms with Crippen molar-refractivity contribution in [1.82, 2.24) is 4.90 Å². The summed E-state index contributed by atoms with van der Waals surface area (Å²) in [5.41, 5.74) is 0.0632. The number of ketones is 1. The Bertz CT molecular complexity index is 618. The summed E-state index contributed by atoms with van der Waals surface area (Å²) in [6.45, 7) is 4.67. The first-order valence-corrected chi connectivity index (χ1v) is 7.34. The molecular weight excluding hydrogens is 290 g/mol. The minimum Gasteiger partial charge on any atom is -0.486 e. The maximum absolute atomic E-state index is 12.3. The monoisotopic (exact) mass is 305 g/mol. The molecule has 3 rings (SSSR count). The van der Waals surface area contributed by atoms with E-state index in [9.17, 15) is 9.59 Å². The third-order valence-electron chi connectivity index (χ3n) is 4.21. The van der Waals surface area contributed by atoms with Crippen LogP contribution in [-0.2, 0) is 4.79 Å². The summed E-state index contributed by atoms with van der Waals surface area (Å²) < 4.78 is 6.10. The van der Waals surface area contributed by atoms with E-state index in [1.54, 1.807) is 23.1 Å². The van der Waals surface area contributed by atoms with Crippen molar-refractivity contribution in [3.8, 4) is 5.75 Å². The number of rotatable bonds is 1. The van der Waals surface area contributed by atoms with Gasteiger partial charge < -0.3 is 9.64 Å². The minimum atomic E-state index is -0.490. The fourth-order valence-electron chi connectivity index (χ4n) is 3.01. The van der Waals surface area contributed by atoms with Crippen LogP contribution in [0.3, 0.4) is 0 Å². The minimum absolute atomic E-state index is 0.0576. The molecule has 0 atom stereocenters. The van der Waals surface area contributed by atoms with Crippen LogP contribution in [0.5, 0.6) is 5.75 Å². The molecule has 2 aliphatic heterocycles. The van der Waals surface area contributed by atoms with Gasteiger partial charge in [-0.05, 0) is 24.3 Å². The highest BCUT2D eigenvalue weighted by Gasteiger charge is 2.43. The van der Waals surface area contributed by atoms with Crippen molar-refractivity contribution in [3.63, 3.8) is 0 Å². The van der Waals surface area contributed by atoms with E-state index < -0.39 is 5.60 Å². The van der Waals surface area contributed by atoms with Crippen LogP contribution in [0.1, 0.15) is 29.6 Å². The highest BCUT2D eigenvalue weighted by atomic mass is 35.5. The van der Waals surface area contributed by atoms with Gasteiger partial charge in [0.15, 0.2) is 5.78 Å². The average Bonchev–Trinajstić information content (AvgIpc) is 2.48. The number of likely N-dealkylation sites (tertiary alicyclic amines) is 1. The van der Waals surface area contributed by atoms with Crippen LogP contribution in [0.4, 0.5) is 0 Å². The van der Waals surface area contributed by atoms with Gasteiger partial charge in [-0.1, -0.05) is 18.2 Å². The molecule has 1 saturated heterocycles. The van der Waals surface area contributed by atoms with E-state index in [0.717, 1.165) is 0 Å². The van der Waals surface area contributed by atoms with Gasteiger partial charge >= 0.3 is 0 Å². The summed E-state index contributed by atoms with van der Waals surface area (Å²) in [5, 5.41) is 0.535. The van der Waals surface area contributed by atoms with Crippen molar-refractivity contribution in [3.05, 3.63) is 41.4 Å². The SMILES string of the molecule is C=CC(=O)N1CCC2(CC1)CC(=O)c1cc(Cl)ccc1O2. The maximum atomic E-state index is 12.3. The first-order valence-electron chi connectivity index (χ1n) is 6.96. The molecule has 4 nitrogen and oxygen atoms in total. The summed E-state index contributed by atoms with van der Waals surface area (Å²) in [7, 11) is 0. The van der Waals surface area contributed by atoms with Gasteiger partial charge in [0.25, 0.3) is 0 Å². The second-order valence-corrected chi connectivity index (χ2v) is 5.99. The van der Waals surface area contributed by atoms with E-state index in [1.807, 2.05) is 0 Å². The van der Waals surface area contributed by atoms with Crippen LogP contribution in [0.15, 0.2) is 30.9 Å². The van der Waals surface area contributed by atoms with Crippen LogP contribution in [0.2, 0.25) is 5.02 Å². The van der Waals surface area contributed by atoms with E-state index >= 15 is 0 Å². The molecule has 2 heterocycles.